The average Bonchev–Trinajstić information content (AvgIpc) is 2.91. The third-order valence-corrected chi connectivity index (χ3v) is 4.86. The minimum absolute atomic E-state index is 0.00487. The second-order valence-corrected chi connectivity index (χ2v) is 6.23. The quantitative estimate of drug-likeness (QED) is 0.866. The molecule has 1 unspecified atom stereocenters. The Kier molecular flexibility index (Phi) is 4.74. The van der Waals surface area contributed by atoms with Gasteiger partial charge in [0, 0.05) is 15.4 Å². The molecule has 1 atom stereocenters. The molecule has 0 bridgehead atoms. The van der Waals surface area contributed by atoms with E-state index in [0.29, 0.717) is 10.6 Å². The Balaban J connectivity index is 2.14. The van der Waals surface area contributed by atoms with Crippen molar-refractivity contribution in [3.63, 3.8) is 0 Å². The molecule has 0 radical (unpaired) electrons. The van der Waals surface area contributed by atoms with E-state index >= 15 is 0 Å². The van der Waals surface area contributed by atoms with Crippen molar-refractivity contribution >= 4 is 39.1 Å². The molecule has 1 amide bonds. The minimum atomic E-state index is -1.07. The summed E-state index contributed by atoms with van der Waals surface area (Å²) in [5, 5.41) is 13.7. The van der Waals surface area contributed by atoms with Gasteiger partial charge in [-0.3, -0.25) is 4.79 Å². The number of halogens is 1. The molecular formula is C14H13BrN2O3S. The van der Waals surface area contributed by atoms with Crippen molar-refractivity contribution < 1.29 is 14.7 Å². The number of aromatic carboxylic acids is 1. The normalized spacial score (nSPS) is 12.0. The van der Waals surface area contributed by atoms with Gasteiger partial charge >= 0.3 is 5.97 Å². The van der Waals surface area contributed by atoms with Gasteiger partial charge in [-0.25, -0.2) is 9.78 Å². The molecule has 1 aromatic heterocycles. The Hall–Kier alpha value is -1.73. The zero-order valence-electron chi connectivity index (χ0n) is 11.4. The number of benzene rings is 1. The molecule has 1 aromatic carbocycles. The Morgan fingerprint density at radius 1 is 1.43 bits per heavy atom. The van der Waals surface area contributed by atoms with Gasteiger partial charge in [-0.15, -0.1) is 11.3 Å². The minimum Gasteiger partial charge on any atom is -0.476 e. The third-order valence-electron chi connectivity index (χ3n) is 2.97. The number of carboxylic acid groups (broad SMARTS) is 1. The highest BCUT2D eigenvalue weighted by atomic mass is 79.9. The number of carboxylic acids is 1. The van der Waals surface area contributed by atoms with Crippen LogP contribution in [0.4, 0.5) is 0 Å². The fraction of sp³-hybridized carbons (Fsp3) is 0.214. The summed E-state index contributed by atoms with van der Waals surface area (Å²) in [6.45, 7) is 3.63. The SMILES string of the molecule is Cc1c(Br)cccc1C(=O)NC(C)c1nc(C(=O)O)cs1. The van der Waals surface area contributed by atoms with Crippen LogP contribution < -0.4 is 5.32 Å². The molecule has 7 heteroatoms. The molecule has 0 aliphatic carbocycles. The number of nitrogens with zero attached hydrogens (tertiary/aromatic N) is 1. The van der Waals surface area contributed by atoms with Crippen molar-refractivity contribution in [3.8, 4) is 0 Å². The Morgan fingerprint density at radius 2 is 2.14 bits per heavy atom. The lowest BCUT2D eigenvalue weighted by Gasteiger charge is -2.13. The molecule has 110 valence electrons. The molecule has 2 rings (SSSR count). The molecule has 0 aliphatic rings. The van der Waals surface area contributed by atoms with Crippen molar-refractivity contribution in [1.29, 1.82) is 0 Å². The number of aromatic nitrogens is 1. The van der Waals surface area contributed by atoms with Gasteiger partial charge < -0.3 is 10.4 Å². The number of carbonyl (C=O) groups is 2. The fourth-order valence-corrected chi connectivity index (χ4v) is 2.94. The third kappa shape index (κ3) is 3.48. The number of carbonyl (C=O) groups excluding carboxylic acids is 1. The van der Waals surface area contributed by atoms with Crippen LogP contribution in [0.1, 0.15) is 44.4 Å². The zero-order valence-corrected chi connectivity index (χ0v) is 13.8. The van der Waals surface area contributed by atoms with Crippen LogP contribution in [0.15, 0.2) is 28.1 Å². The molecular weight excluding hydrogens is 356 g/mol. The number of nitrogens with one attached hydrogen (secondary N) is 1. The van der Waals surface area contributed by atoms with E-state index in [9.17, 15) is 9.59 Å². The monoisotopic (exact) mass is 368 g/mol. The van der Waals surface area contributed by atoms with Crippen LogP contribution in [-0.2, 0) is 0 Å². The van der Waals surface area contributed by atoms with Crippen LogP contribution >= 0.6 is 27.3 Å². The van der Waals surface area contributed by atoms with Crippen LogP contribution in [-0.4, -0.2) is 22.0 Å². The molecule has 0 aliphatic heterocycles. The Bertz CT molecular complexity index is 699. The highest BCUT2D eigenvalue weighted by Gasteiger charge is 2.18. The lowest BCUT2D eigenvalue weighted by molar-refractivity contribution is 0.0691. The standard InChI is InChI=1S/C14H13BrN2O3S/c1-7-9(4-3-5-10(7)15)12(18)16-8(2)13-17-11(6-21-13)14(19)20/h3-6,8H,1-2H3,(H,16,18)(H,19,20). The van der Waals surface area contributed by atoms with Crippen LogP contribution in [0.3, 0.4) is 0 Å². The summed E-state index contributed by atoms with van der Waals surface area (Å²) >= 11 is 4.60. The highest BCUT2D eigenvalue weighted by molar-refractivity contribution is 9.10. The molecule has 2 aromatic rings. The van der Waals surface area contributed by atoms with E-state index in [2.05, 4.69) is 26.2 Å². The second-order valence-electron chi connectivity index (χ2n) is 4.48. The number of hydrogen-bond donors (Lipinski definition) is 2. The van der Waals surface area contributed by atoms with Crippen molar-refractivity contribution in [2.24, 2.45) is 0 Å². The summed E-state index contributed by atoms with van der Waals surface area (Å²) in [7, 11) is 0. The second kappa shape index (κ2) is 6.36. The molecule has 0 fully saturated rings. The molecule has 0 saturated carbocycles. The van der Waals surface area contributed by atoms with Crippen LogP contribution in [0, 0.1) is 6.92 Å². The van der Waals surface area contributed by atoms with Crippen LogP contribution in [0.25, 0.3) is 0 Å². The van der Waals surface area contributed by atoms with Gasteiger partial charge in [-0.2, -0.15) is 0 Å². The summed E-state index contributed by atoms with van der Waals surface area (Å²) in [4.78, 5) is 27.1. The number of amides is 1. The van der Waals surface area contributed by atoms with E-state index in [4.69, 9.17) is 5.11 Å². The lowest BCUT2D eigenvalue weighted by atomic mass is 10.1. The van der Waals surface area contributed by atoms with E-state index in [-0.39, 0.29) is 17.6 Å². The van der Waals surface area contributed by atoms with Gasteiger partial charge in [-0.05, 0) is 31.5 Å². The van der Waals surface area contributed by atoms with Gasteiger partial charge in [0.05, 0.1) is 6.04 Å². The largest absolute Gasteiger partial charge is 0.476 e. The molecule has 21 heavy (non-hydrogen) atoms. The maximum Gasteiger partial charge on any atom is 0.355 e. The number of hydrogen-bond acceptors (Lipinski definition) is 4. The summed E-state index contributed by atoms with van der Waals surface area (Å²) < 4.78 is 0.866. The van der Waals surface area contributed by atoms with Crippen molar-refractivity contribution in [2.75, 3.05) is 0 Å². The number of rotatable bonds is 4. The first kappa shape index (κ1) is 15.7. The van der Waals surface area contributed by atoms with E-state index in [1.54, 1.807) is 19.1 Å². The van der Waals surface area contributed by atoms with Crippen molar-refractivity contribution in [2.45, 2.75) is 19.9 Å². The lowest BCUT2D eigenvalue weighted by Crippen LogP contribution is -2.27. The maximum atomic E-state index is 12.3. The molecule has 5 nitrogen and oxygen atoms in total. The first-order chi connectivity index (χ1) is 9.90. The van der Waals surface area contributed by atoms with Gasteiger partial charge in [0.1, 0.15) is 5.01 Å². The van der Waals surface area contributed by atoms with Gasteiger partial charge in [0.15, 0.2) is 5.69 Å². The first-order valence-electron chi connectivity index (χ1n) is 6.15. The fourth-order valence-electron chi connectivity index (χ4n) is 1.77. The summed E-state index contributed by atoms with van der Waals surface area (Å²) in [6.07, 6.45) is 0. The van der Waals surface area contributed by atoms with E-state index in [1.165, 1.54) is 16.7 Å². The molecule has 0 saturated heterocycles. The number of thiazole rings is 1. The zero-order chi connectivity index (χ0) is 15.6. The summed E-state index contributed by atoms with van der Waals surface area (Å²) in [5.41, 5.74) is 1.42. The highest BCUT2D eigenvalue weighted by Crippen LogP contribution is 2.22. The summed E-state index contributed by atoms with van der Waals surface area (Å²) in [5.74, 6) is -1.28. The van der Waals surface area contributed by atoms with E-state index < -0.39 is 5.97 Å². The topological polar surface area (TPSA) is 79.3 Å². The van der Waals surface area contributed by atoms with Gasteiger partial charge in [0.25, 0.3) is 5.91 Å². The van der Waals surface area contributed by atoms with E-state index in [1.807, 2.05) is 13.0 Å². The smallest absolute Gasteiger partial charge is 0.355 e. The Morgan fingerprint density at radius 3 is 2.76 bits per heavy atom. The predicted octanol–water partition coefficient (Wildman–Crippen LogP) is 3.40. The average molecular weight is 369 g/mol. The van der Waals surface area contributed by atoms with Crippen LogP contribution in [0.2, 0.25) is 0 Å². The Labute approximate surface area is 134 Å². The molecule has 0 spiro atoms. The first-order valence-corrected chi connectivity index (χ1v) is 7.82. The molecule has 1 heterocycles. The van der Waals surface area contributed by atoms with E-state index in [0.717, 1.165) is 10.0 Å². The maximum absolute atomic E-state index is 12.3. The summed E-state index contributed by atoms with van der Waals surface area (Å²) in [6, 6.07) is 5.05. The van der Waals surface area contributed by atoms with Crippen molar-refractivity contribution in [1.82, 2.24) is 10.3 Å². The molecule has 2 N–H and O–H groups in total. The van der Waals surface area contributed by atoms with Crippen molar-refractivity contribution in [3.05, 3.63) is 49.9 Å². The predicted molar refractivity (Wildman–Crippen MR) is 83.8 cm³/mol. The van der Waals surface area contributed by atoms with Gasteiger partial charge in [-0.1, -0.05) is 22.0 Å². The van der Waals surface area contributed by atoms with Gasteiger partial charge in [0.2, 0.25) is 0 Å². The van der Waals surface area contributed by atoms with Crippen LogP contribution in [0.5, 0.6) is 0 Å².